The van der Waals surface area contributed by atoms with Gasteiger partial charge in [0.05, 0.1) is 30.0 Å². The average Bonchev–Trinajstić information content (AvgIpc) is 3.33. The van der Waals surface area contributed by atoms with E-state index >= 15 is 0 Å². The zero-order valence-electron chi connectivity index (χ0n) is 17.0. The molecule has 2 aromatic heterocycles. The molecule has 30 heavy (non-hydrogen) atoms. The van der Waals surface area contributed by atoms with Crippen molar-refractivity contribution in [2.75, 3.05) is 0 Å². The van der Waals surface area contributed by atoms with E-state index in [1.54, 1.807) is 24.0 Å². The number of aldehydes is 1. The molecule has 2 heterocycles. The molecular formula is C21H26N6O3. The van der Waals surface area contributed by atoms with Crippen LogP contribution >= 0.6 is 0 Å². The number of imidazole rings is 1. The first kappa shape index (κ1) is 21.4. The minimum atomic E-state index is -0.862. The number of amides is 1. The number of rotatable bonds is 8. The molecule has 0 aliphatic carbocycles. The van der Waals surface area contributed by atoms with Crippen molar-refractivity contribution in [1.82, 2.24) is 19.9 Å². The second-order valence-corrected chi connectivity index (χ2v) is 7.39. The Bertz CT molecular complexity index is 1060. The molecular weight excluding hydrogens is 384 g/mol. The molecule has 0 saturated heterocycles. The van der Waals surface area contributed by atoms with Crippen molar-refractivity contribution in [1.29, 1.82) is 0 Å². The molecule has 0 saturated carbocycles. The van der Waals surface area contributed by atoms with Gasteiger partial charge in [0.2, 0.25) is 11.8 Å². The smallest absolute Gasteiger partial charge is 0.248 e. The molecule has 3 rings (SSSR count). The first-order chi connectivity index (χ1) is 14.3. The van der Waals surface area contributed by atoms with Crippen LogP contribution in [0.4, 0.5) is 0 Å². The van der Waals surface area contributed by atoms with E-state index in [9.17, 15) is 14.4 Å². The molecule has 0 spiro atoms. The average molecular weight is 410 g/mol. The highest BCUT2D eigenvalue weighted by Gasteiger charge is 2.26. The zero-order valence-corrected chi connectivity index (χ0v) is 17.0. The normalized spacial score (nSPS) is 14.3. The van der Waals surface area contributed by atoms with Crippen LogP contribution in [0.1, 0.15) is 28.7 Å². The summed E-state index contributed by atoms with van der Waals surface area (Å²) in [5.74, 6) is -0.676. The quantitative estimate of drug-likeness (QED) is 0.396. The number of aromatic nitrogens is 3. The van der Waals surface area contributed by atoms with Gasteiger partial charge in [-0.05, 0) is 31.9 Å². The summed E-state index contributed by atoms with van der Waals surface area (Å²) in [5.41, 5.74) is 15.3. The van der Waals surface area contributed by atoms with Crippen LogP contribution in [0, 0.1) is 6.92 Å². The highest BCUT2D eigenvalue weighted by molar-refractivity contribution is 5.98. The van der Waals surface area contributed by atoms with E-state index in [1.165, 1.54) is 0 Å². The fourth-order valence-electron chi connectivity index (χ4n) is 3.54. The summed E-state index contributed by atoms with van der Waals surface area (Å²) in [6, 6.07) is 5.19. The number of hydrogen-bond acceptors (Lipinski definition) is 6. The first-order valence-electron chi connectivity index (χ1n) is 9.70. The topological polar surface area (TPSA) is 149 Å². The number of para-hydroxylation sites is 1. The predicted molar refractivity (Wildman–Crippen MR) is 113 cm³/mol. The third kappa shape index (κ3) is 4.32. The lowest BCUT2D eigenvalue weighted by atomic mass is 10.0. The van der Waals surface area contributed by atoms with Gasteiger partial charge in [-0.2, -0.15) is 0 Å². The minimum Gasteiger partial charge on any atom is -0.348 e. The third-order valence-corrected chi connectivity index (χ3v) is 5.11. The van der Waals surface area contributed by atoms with Crippen LogP contribution in [0.15, 0.2) is 36.8 Å². The summed E-state index contributed by atoms with van der Waals surface area (Å²) in [7, 11) is 0. The number of benzene rings is 1. The molecule has 158 valence electrons. The lowest BCUT2D eigenvalue weighted by Crippen LogP contribution is -2.46. The van der Waals surface area contributed by atoms with Gasteiger partial charge >= 0.3 is 0 Å². The molecule has 0 radical (unpaired) electrons. The number of H-pyrrole nitrogens is 1. The van der Waals surface area contributed by atoms with Crippen molar-refractivity contribution in [2.24, 2.45) is 11.5 Å². The standard InChI is InChI=1S/C21H26N6O3/c1-12(10-28)26-20(29)17(22)8-16-13(2)27(19-6-4-3-5-15(16)19)21(30)18(23)7-14-9-24-11-25-14/h3-6,9-12,17-18H,7-8,22-23H2,1-2H3,(H,24,25)(H,26,29)/t12-,17+,18-/m0/s1. The Kier molecular flexibility index (Phi) is 6.43. The number of nitrogens with two attached hydrogens (primary N) is 2. The summed E-state index contributed by atoms with van der Waals surface area (Å²) in [4.78, 5) is 43.2. The summed E-state index contributed by atoms with van der Waals surface area (Å²) in [5, 5.41) is 3.39. The largest absolute Gasteiger partial charge is 0.348 e. The Morgan fingerprint density at radius 2 is 1.97 bits per heavy atom. The van der Waals surface area contributed by atoms with Gasteiger partial charge in [0, 0.05) is 29.4 Å². The summed E-state index contributed by atoms with van der Waals surface area (Å²) in [6.45, 7) is 3.39. The summed E-state index contributed by atoms with van der Waals surface area (Å²) in [6.07, 6.45) is 4.36. The molecule has 0 fully saturated rings. The molecule has 3 atom stereocenters. The second kappa shape index (κ2) is 9.02. The van der Waals surface area contributed by atoms with Gasteiger partial charge in [-0.1, -0.05) is 18.2 Å². The fourth-order valence-corrected chi connectivity index (χ4v) is 3.54. The molecule has 0 unspecified atom stereocenters. The van der Waals surface area contributed by atoms with Crippen LogP contribution in [0.2, 0.25) is 0 Å². The van der Waals surface area contributed by atoms with Crippen LogP contribution in [0.5, 0.6) is 0 Å². The number of nitrogens with zero attached hydrogens (tertiary/aromatic N) is 2. The van der Waals surface area contributed by atoms with E-state index in [2.05, 4.69) is 15.3 Å². The van der Waals surface area contributed by atoms with Crippen molar-refractivity contribution in [3.05, 3.63) is 53.7 Å². The third-order valence-electron chi connectivity index (χ3n) is 5.11. The van der Waals surface area contributed by atoms with E-state index in [4.69, 9.17) is 11.5 Å². The maximum atomic E-state index is 13.2. The van der Waals surface area contributed by atoms with Crippen molar-refractivity contribution in [2.45, 2.75) is 44.8 Å². The number of carbonyl (C=O) groups is 3. The minimum absolute atomic E-state index is 0.222. The molecule has 1 aromatic carbocycles. The van der Waals surface area contributed by atoms with Crippen LogP contribution in [0.3, 0.4) is 0 Å². The Labute approximate surface area is 173 Å². The highest BCUT2D eigenvalue weighted by Crippen LogP contribution is 2.27. The Hall–Kier alpha value is -3.30. The lowest BCUT2D eigenvalue weighted by molar-refractivity contribution is -0.124. The zero-order chi connectivity index (χ0) is 21.8. The number of fused-ring (bicyclic) bond motifs is 1. The number of aromatic amines is 1. The predicted octanol–water partition coefficient (Wildman–Crippen LogP) is 0.456. The van der Waals surface area contributed by atoms with Crippen LogP contribution in [-0.2, 0) is 22.4 Å². The van der Waals surface area contributed by atoms with Gasteiger partial charge in [0.25, 0.3) is 0 Å². The summed E-state index contributed by atoms with van der Waals surface area (Å²) < 4.78 is 1.59. The maximum absolute atomic E-state index is 13.2. The Morgan fingerprint density at radius 1 is 1.23 bits per heavy atom. The van der Waals surface area contributed by atoms with E-state index in [0.29, 0.717) is 23.9 Å². The van der Waals surface area contributed by atoms with Gasteiger partial charge in [0.1, 0.15) is 6.29 Å². The van der Waals surface area contributed by atoms with Crippen LogP contribution < -0.4 is 16.8 Å². The van der Waals surface area contributed by atoms with E-state index in [1.807, 2.05) is 31.2 Å². The monoisotopic (exact) mass is 410 g/mol. The number of hydrogen-bond donors (Lipinski definition) is 4. The van der Waals surface area contributed by atoms with Crippen molar-refractivity contribution in [3.63, 3.8) is 0 Å². The van der Waals surface area contributed by atoms with Gasteiger partial charge in [0.15, 0.2) is 0 Å². The maximum Gasteiger partial charge on any atom is 0.248 e. The highest BCUT2D eigenvalue weighted by atomic mass is 16.2. The number of carbonyl (C=O) groups excluding carboxylic acids is 3. The van der Waals surface area contributed by atoms with Gasteiger partial charge in [-0.15, -0.1) is 0 Å². The Morgan fingerprint density at radius 3 is 2.63 bits per heavy atom. The second-order valence-electron chi connectivity index (χ2n) is 7.39. The molecule has 0 bridgehead atoms. The molecule has 9 nitrogen and oxygen atoms in total. The van der Waals surface area contributed by atoms with Crippen LogP contribution in [0.25, 0.3) is 10.9 Å². The molecule has 6 N–H and O–H groups in total. The van der Waals surface area contributed by atoms with Gasteiger partial charge in [-0.25, -0.2) is 4.98 Å². The molecule has 1 amide bonds. The first-order valence-corrected chi connectivity index (χ1v) is 9.70. The van der Waals surface area contributed by atoms with Crippen molar-refractivity contribution < 1.29 is 14.4 Å². The fraction of sp³-hybridized carbons (Fsp3) is 0.333. The lowest BCUT2D eigenvalue weighted by Gasteiger charge is -2.15. The van der Waals surface area contributed by atoms with Crippen LogP contribution in [-0.4, -0.2) is 50.8 Å². The van der Waals surface area contributed by atoms with E-state index in [-0.39, 0.29) is 12.3 Å². The van der Waals surface area contributed by atoms with E-state index < -0.39 is 24.0 Å². The Balaban J connectivity index is 1.91. The molecule has 3 aromatic rings. The molecule has 0 aliphatic heterocycles. The molecule has 9 heteroatoms. The molecule has 0 aliphatic rings. The van der Waals surface area contributed by atoms with Crippen molar-refractivity contribution >= 4 is 29.0 Å². The summed E-state index contributed by atoms with van der Waals surface area (Å²) >= 11 is 0. The van der Waals surface area contributed by atoms with Gasteiger partial charge in [-0.3, -0.25) is 14.2 Å². The van der Waals surface area contributed by atoms with Crippen molar-refractivity contribution in [3.8, 4) is 0 Å². The number of nitrogens with one attached hydrogen (secondary N) is 2. The van der Waals surface area contributed by atoms with E-state index in [0.717, 1.165) is 16.6 Å². The SMILES string of the molecule is Cc1c(C[C@@H](N)C(=O)N[C@@H](C)C=O)c2ccccc2n1C(=O)[C@@H](N)Cc1cnc[nH]1. The van der Waals surface area contributed by atoms with Gasteiger partial charge < -0.3 is 26.6 Å².